The molecule has 2 saturated carbocycles. The van der Waals surface area contributed by atoms with E-state index < -0.39 is 5.82 Å². The van der Waals surface area contributed by atoms with E-state index in [1.165, 1.54) is 13.4 Å². The standard InChI is InChI=1S/C28H34FN5O4/c1-15-4-11-20(38-12-17-5-6-17)23(24(15)29)26-27-25(30-14-31-26)22(16(2)32-27)28(36)34-19-9-7-18(8-10-19)33-21(35)13-37-3/h4,11,14,17-19,32H,5-10,12-13H2,1-3H3,(H,33,35)(H,34,36)/t18-,19-. The first-order chi connectivity index (χ1) is 18.4. The Bertz CT molecular complexity index is 1340. The molecule has 2 aliphatic carbocycles. The number of aromatic nitrogens is 3. The summed E-state index contributed by atoms with van der Waals surface area (Å²) >= 11 is 0. The molecular formula is C28H34FN5O4. The summed E-state index contributed by atoms with van der Waals surface area (Å²) in [5.74, 6) is 0.187. The first-order valence-electron chi connectivity index (χ1n) is 13.2. The molecule has 0 aliphatic heterocycles. The summed E-state index contributed by atoms with van der Waals surface area (Å²) in [5, 5.41) is 6.10. The number of rotatable bonds is 9. The molecule has 0 bridgehead atoms. The number of halogens is 1. The zero-order valence-corrected chi connectivity index (χ0v) is 22.0. The molecular weight excluding hydrogens is 489 g/mol. The van der Waals surface area contributed by atoms with Crippen molar-refractivity contribution in [2.24, 2.45) is 5.92 Å². The van der Waals surface area contributed by atoms with Crippen molar-refractivity contribution in [1.29, 1.82) is 0 Å². The average molecular weight is 524 g/mol. The lowest BCUT2D eigenvalue weighted by molar-refractivity contribution is -0.125. The molecule has 202 valence electrons. The normalized spacial score (nSPS) is 19.4. The molecule has 2 aliphatic rings. The van der Waals surface area contributed by atoms with Crippen LogP contribution in [0.2, 0.25) is 0 Å². The number of hydrogen-bond acceptors (Lipinski definition) is 6. The number of nitrogens with one attached hydrogen (secondary N) is 3. The van der Waals surface area contributed by atoms with Crippen molar-refractivity contribution in [1.82, 2.24) is 25.6 Å². The second-order valence-corrected chi connectivity index (χ2v) is 10.4. The molecule has 2 fully saturated rings. The molecule has 0 spiro atoms. The number of aromatic amines is 1. The van der Waals surface area contributed by atoms with E-state index in [0.29, 0.717) is 51.8 Å². The van der Waals surface area contributed by atoms with E-state index >= 15 is 4.39 Å². The van der Waals surface area contributed by atoms with E-state index in [4.69, 9.17) is 9.47 Å². The molecule has 0 unspecified atom stereocenters. The van der Waals surface area contributed by atoms with Gasteiger partial charge >= 0.3 is 0 Å². The molecule has 1 aromatic carbocycles. The maximum absolute atomic E-state index is 15.5. The lowest BCUT2D eigenvalue weighted by atomic mass is 9.91. The molecule has 3 N–H and O–H groups in total. The smallest absolute Gasteiger partial charge is 0.255 e. The zero-order chi connectivity index (χ0) is 26.8. The molecule has 3 aromatic rings. The van der Waals surface area contributed by atoms with Crippen LogP contribution in [-0.4, -0.2) is 59.2 Å². The van der Waals surface area contributed by atoms with Crippen LogP contribution in [0.3, 0.4) is 0 Å². The molecule has 2 aromatic heterocycles. The monoisotopic (exact) mass is 523 g/mol. The zero-order valence-electron chi connectivity index (χ0n) is 22.0. The van der Waals surface area contributed by atoms with Crippen LogP contribution in [0.4, 0.5) is 4.39 Å². The molecule has 2 heterocycles. The minimum absolute atomic E-state index is 0.0135. The number of hydrogen-bond donors (Lipinski definition) is 3. The van der Waals surface area contributed by atoms with Gasteiger partial charge in [-0.2, -0.15) is 0 Å². The Kier molecular flexibility index (Phi) is 7.60. The van der Waals surface area contributed by atoms with E-state index in [1.807, 2.05) is 0 Å². The van der Waals surface area contributed by atoms with E-state index in [0.717, 1.165) is 38.5 Å². The average Bonchev–Trinajstić information content (AvgIpc) is 3.65. The van der Waals surface area contributed by atoms with Crippen molar-refractivity contribution in [2.75, 3.05) is 20.3 Å². The van der Waals surface area contributed by atoms with Gasteiger partial charge in [-0.25, -0.2) is 14.4 Å². The van der Waals surface area contributed by atoms with Crippen molar-refractivity contribution in [2.45, 2.75) is 64.5 Å². The van der Waals surface area contributed by atoms with Crippen LogP contribution in [0, 0.1) is 25.6 Å². The first-order valence-corrected chi connectivity index (χ1v) is 13.2. The van der Waals surface area contributed by atoms with Gasteiger partial charge in [-0.15, -0.1) is 0 Å². The topological polar surface area (TPSA) is 118 Å². The third-order valence-corrected chi connectivity index (χ3v) is 7.41. The molecule has 9 nitrogen and oxygen atoms in total. The number of methoxy groups -OCH3 is 1. The van der Waals surface area contributed by atoms with Gasteiger partial charge in [-0.3, -0.25) is 9.59 Å². The summed E-state index contributed by atoms with van der Waals surface area (Å²) in [6.07, 6.45) is 6.66. The summed E-state index contributed by atoms with van der Waals surface area (Å²) in [6.45, 7) is 4.10. The Morgan fingerprint density at radius 2 is 1.76 bits per heavy atom. The van der Waals surface area contributed by atoms with E-state index in [-0.39, 0.29) is 36.1 Å². The second-order valence-electron chi connectivity index (χ2n) is 10.4. The SMILES string of the molecule is COCC(=O)N[C@H]1CC[C@H](NC(=O)c2c(C)[nH]c3c(-c4c(OCC5CC5)ccc(C)c4F)ncnc23)CC1. The molecule has 10 heteroatoms. The summed E-state index contributed by atoms with van der Waals surface area (Å²) in [5.41, 5.74) is 3.14. The van der Waals surface area contributed by atoms with Crippen LogP contribution in [0.15, 0.2) is 18.5 Å². The Morgan fingerprint density at radius 1 is 1.05 bits per heavy atom. The van der Waals surface area contributed by atoms with Crippen molar-refractivity contribution in [3.8, 4) is 17.0 Å². The number of carbonyl (C=O) groups is 2. The fourth-order valence-electron chi connectivity index (χ4n) is 5.12. The van der Waals surface area contributed by atoms with Crippen LogP contribution in [0.1, 0.15) is 60.1 Å². The highest BCUT2D eigenvalue weighted by molar-refractivity contribution is 6.09. The third-order valence-electron chi connectivity index (χ3n) is 7.41. The van der Waals surface area contributed by atoms with Crippen LogP contribution < -0.4 is 15.4 Å². The fourth-order valence-corrected chi connectivity index (χ4v) is 5.12. The van der Waals surface area contributed by atoms with Gasteiger partial charge in [0.2, 0.25) is 5.91 Å². The van der Waals surface area contributed by atoms with Gasteiger partial charge in [-0.1, -0.05) is 6.07 Å². The van der Waals surface area contributed by atoms with Gasteiger partial charge in [0.25, 0.3) is 5.91 Å². The van der Waals surface area contributed by atoms with E-state index in [2.05, 4.69) is 25.6 Å². The minimum Gasteiger partial charge on any atom is -0.492 e. The summed E-state index contributed by atoms with van der Waals surface area (Å²) in [6, 6.07) is 3.55. The predicted octanol–water partition coefficient (Wildman–Crippen LogP) is 3.97. The van der Waals surface area contributed by atoms with Crippen LogP contribution in [-0.2, 0) is 9.53 Å². The lowest BCUT2D eigenvalue weighted by Gasteiger charge is -2.29. The molecule has 0 saturated heterocycles. The molecule has 38 heavy (non-hydrogen) atoms. The summed E-state index contributed by atoms with van der Waals surface area (Å²) < 4.78 is 26.4. The molecule has 0 radical (unpaired) electrons. The van der Waals surface area contributed by atoms with Crippen molar-refractivity contribution in [3.63, 3.8) is 0 Å². The number of carbonyl (C=O) groups excluding carboxylic acids is 2. The van der Waals surface area contributed by atoms with Crippen molar-refractivity contribution >= 4 is 22.8 Å². The highest BCUT2D eigenvalue weighted by atomic mass is 19.1. The number of fused-ring (bicyclic) bond motifs is 1. The minimum atomic E-state index is -0.397. The quantitative estimate of drug-likeness (QED) is 0.391. The second kappa shape index (κ2) is 11.1. The number of H-pyrrole nitrogens is 1. The summed E-state index contributed by atoms with van der Waals surface area (Å²) in [4.78, 5) is 37.3. The summed E-state index contributed by atoms with van der Waals surface area (Å²) in [7, 11) is 1.49. The highest BCUT2D eigenvalue weighted by Crippen LogP contribution is 2.39. The molecule has 5 rings (SSSR count). The van der Waals surface area contributed by atoms with Crippen LogP contribution >= 0.6 is 0 Å². The molecule has 0 atom stereocenters. The van der Waals surface area contributed by atoms with Gasteiger partial charge in [0.15, 0.2) is 0 Å². The maximum Gasteiger partial charge on any atom is 0.255 e. The Hall–Kier alpha value is -3.53. The van der Waals surface area contributed by atoms with Gasteiger partial charge in [0.1, 0.15) is 35.7 Å². The van der Waals surface area contributed by atoms with Gasteiger partial charge in [0, 0.05) is 24.9 Å². The van der Waals surface area contributed by atoms with Crippen LogP contribution in [0.25, 0.3) is 22.3 Å². The molecule has 2 amide bonds. The Balaban J connectivity index is 1.37. The lowest BCUT2D eigenvalue weighted by Crippen LogP contribution is -2.44. The number of nitrogens with zero attached hydrogens (tertiary/aromatic N) is 2. The van der Waals surface area contributed by atoms with E-state index in [9.17, 15) is 9.59 Å². The fraction of sp³-hybridized carbons (Fsp3) is 0.500. The Labute approximate surface area is 220 Å². The Morgan fingerprint density at radius 3 is 2.45 bits per heavy atom. The largest absolute Gasteiger partial charge is 0.492 e. The number of amides is 2. The first kappa shape index (κ1) is 26.1. The van der Waals surface area contributed by atoms with E-state index in [1.54, 1.807) is 26.0 Å². The number of aryl methyl sites for hydroxylation is 2. The van der Waals surface area contributed by atoms with Crippen LogP contribution in [0.5, 0.6) is 5.75 Å². The maximum atomic E-state index is 15.5. The third kappa shape index (κ3) is 5.50. The van der Waals surface area contributed by atoms with Crippen molar-refractivity contribution < 1.29 is 23.5 Å². The van der Waals surface area contributed by atoms with Gasteiger partial charge in [-0.05, 0) is 69.9 Å². The number of benzene rings is 1. The van der Waals surface area contributed by atoms with Crippen molar-refractivity contribution in [3.05, 3.63) is 41.1 Å². The number of ether oxygens (including phenoxy) is 2. The van der Waals surface area contributed by atoms with Gasteiger partial charge < -0.3 is 25.1 Å². The highest BCUT2D eigenvalue weighted by Gasteiger charge is 2.28. The van der Waals surface area contributed by atoms with Gasteiger partial charge in [0.05, 0.1) is 23.3 Å². The predicted molar refractivity (Wildman–Crippen MR) is 141 cm³/mol.